The number of hydrogen-bond acceptors (Lipinski definition) is 7. The first-order valence-corrected chi connectivity index (χ1v) is 7.28. The molecule has 8 nitrogen and oxygen atoms in total. The van der Waals surface area contributed by atoms with Crippen LogP contribution in [0.25, 0.3) is 0 Å². The molecule has 3 N–H and O–H groups in total. The fourth-order valence-corrected chi connectivity index (χ4v) is 2.08. The molecule has 128 valence electrons. The quantitative estimate of drug-likeness (QED) is 0.723. The molecule has 0 fully saturated rings. The van der Waals surface area contributed by atoms with Gasteiger partial charge in [0.05, 0.1) is 33.7 Å². The second kappa shape index (κ2) is 8.16. The van der Waals surface area contributed by atoms with Gasteiger partial charge in [0, 0.05) is 0 Å². The van der Waals surface area contributed by atoms with Crippen LogP contribution in [-0.2, 0) is 6.61 Å². The van der Waals surface area contributed by atoms with Crippen LogP contribution in [0, 0.1) is 0 Å². The number of thiocarbonyl (C=S) groups is 1. The fraction of sp³-hybridized carbons (Fsp3) is 0.267. The number of benzene rings is 1. The highest BCUT2D eigenvalue weighted by atomic mass is 32.1. The Morgan fingerprint density at radius 1 is 1.12 bits per heavy atom. The molecule has 1 aromatic carbocycles. The highest BCUT2D eigenvalue weighted by Crippen LogP contribution is 2.38. The van der Waals surface area contributed by atoms with Crippen LogP contribution in [0.15, 0.2) is 24.5 Å². The van der Waals surface area contributed by atoms with Crippen molar-refractivity contribution < 1.29 is 18.9 Å². The van der Waals surface area contributed by atoms with Crippen LogP contribution in [0.3, 0.4) is 0 Å². The Labute approximate surface area is 144 Å². The Kier molecular flexibility index (Phi) is 5.96. The number of anilines is 1. The minimum Gasteiger partial charge on any atom is -0.493 e. The summed E-state index contributed by atoms with van der Waals surface area (Å²) in [6, 6.07) is 3.60. The van der Waals surface area contributed by atoms with Gasteiger partial charge in [-0.25, -0.2) is 0 Å². The average Bonchev–Trinajstić information content (AvgIpc) is 2.58. The largest absolute Gasteiger partial charge is 0.493 e. The third kappa shape index (κ3) is 4.35. The predicted octanol–water partition coefficient (Wildman–Crippen LogP) is 1.74. The summed E-state index contributed by atoms with van der Waals surface area (Å²) in [6.45, 7) is 0.238. The SMILES string of the molecule is COc1cc(COc2cncc(NC(N)=S)n2)cc(OC)c1OC. The van der Waals surface area contributed by atoms with E-state index in [1.165, 1.54) is 12.4 Å². The molecular weight excluding hydrogens is 332 g/mol. The molecule has 0 aliphatic heterocycles. The van der Waals surface area contributed by atoms with Crippen LogP contribution in [0.1, 0.15) is 5.56 Å². The van der Waals surface area contributed by atoms with Gasteiger partial charge in [-0.05, 0) is 29.9 Å². The number of aromatic nitrogens is 2. The van der Waals surface area contributed by atoms with E-state index in [-0.39, 0.29) is 11.7 Å². The van der Waals surface area contributed by atoms with Crippen molar-refractivity contribution >= 4 is 23.1 Å². The maximum absolute atomic E-state index is 5.64. The highest BCUT2D eigenvalue weighted by Gasteiger charge is 2.13. The lowest BCUT2D eigenvalue weighted by Crippen LogP contribution is -2.19. The zero-order chi connectivity index (χ0) is 17.5. The third-order valence-electron chi connectivity index (χ3n) is 2.97. The summed E-state index contributed by atoms with van der Waals surface area (Å²) in [5, 5.41) is 2.80. The standard InChI is InChI=1S/C15H18N4O4S/c1-20-10-4-9(5-11(21-2)14(10)22-3)8-23-13-7-17-6-12(18-13)19-15(16)24/h4-7H,8H2,1-3H3,(H3,16,18,19,24). The smallest absolute Gasteiger partial charge is 0.234 e. The van der Waals surface area contributed by atoms with E-state index in [2.05, 4.69) is 15.3 Å². The molecule has 0 bridgehead atoms. The monoisotopic (exact) mass is 350 g/mol. The third-order valence-corrected chi connectivity index (χ3v) is 3.08. The molecule has 0 amide bonds. The summed E-state index contributed by atoms with van der Waals surface area (Å²) in [5.74, 6) is 2.34. The van der Waals surface area contributed by atoms with Crippen LogP contribution in [0.2, 0.25) is 0 Å². The molecule has 0 saturated carbocycles. The molecule has 24 heavy (non-hydrogen) atoms. The Balaban J connectivity index is 2.15. The van der Waals surface area contributed by atoms with Crippen molar-refractivity contribution in [2.75, 3.05) is 26.6 Å². The zero-order valence-corrected chi connectivity index (χ0v) is 14.3. The molecule has 0 atom stereocenters. The Hall–Kier alpha value is -2.81. The van der Waals surface area contributed by atoms with E-state index in [0.29, 0.717) is 28.9 Å². The number of nitrogens with zero attached hydrogens (tertiary/aromatic N) is 2. The van der Waals surface area contributed by atoms with Gasteiger partial charge in [-0.15, -0.1) is 0 Å². The molecule has 0 aliphatic rings. The van der Waals surface area contributed by atoms with Gasteiger partial charge < -0.3 is 30.0 Å². The molecule has 9 heteroatoms. The van der Waals surface area contributed by atoms with Gasteiger partial charge in [0.1, 0.15) is 6.61 Å². The minimum atomic E-state index is 0.103. The van der Waals surface area contributed by atoms with Crippen molar-refractivity contribution in [1.29, 1.82) is 0 Å². The van der Waals surface area contributed by atoms with E-state index >= 15 is 0 Å². The Bertz CT molecular complexity index is 701. The van der Waals surface area contributed by atoms with Gasteiger partial charge in [-0.1, -0.05) is 0 Å². The lowest BCUT2D eigenvalue weighted by molar-refractivity contribution is 0.288. The Morgan fingerprint density at radius 2 is 1.79 bits per heavy atom. The van der Waals surface area contributed by atoms with E-state index in [4.69, 9.17) is 36.9 Å². The van der Waals surface area contributed by atoms with Crippen LogP contribution in [-0.4, -0.2) is 36.4 Å². The first kappa shape index (κ1) is 17.5. The van der Waals surface area contributed by atoms with Crippen molar-refractivity contribution in [3.05, 3.63) is 30.1 Å². The van der Waals surface area contributed by atoms with Gasteiger partial charge in [0.2, 0.25) is 11.6 Å². The summed E-state index contributed by atoms with van der Waals surface area (Å²) in [7, 11) is 4.66. The van der Waals surface area contributed by atoms with E-state index in [9.17, 15) is 0 Å². The summed E-state index contributed by atoms with van der Waals surface area (Å²) in [5.41, 5.74) is 6.22. The van der Waals surface area contributed by atoms with Crippen molar-refractivity contribution in [3.8, 4) is 23.1 Å². The molecule has 0 radical (unpaired) electrons. The average molecular weight is 350 g/mol. The van der Waals surface area contributed by atoms with Gasteiger partial charge in [-0.3, -0.25) is 4.98 Å². The first-order valence-electron chi connectivity index (χ1n) is 6.87. The van der Waals surface area contributed by atoms with Gasteiger partial charge in [-0.2, -0.15) is 4.98 Å². The van der Waals surface area contributed by atoms with E-state index in [1.54, 1.807) is 33.5 Å². The van der Waals surface area contributed by atoms with Crippen LogP contribution >= 0.6 is 12.2 Å². The predicted molar refractivity (Wildman–Crippen MR) is 92.9 cm³/mol. The van der Waals surface area contributed by atoms with E-state index < -0.39 is 0 Å². The number of rotatable bonds is 7. The summed E-state index contributed by atoms with van der Waals surface area (Å²) < 4.78 is 21.5. The number of hydrogen-bond donors (Lipinski definition) is 2. The molecule has 0 spiro atoms. The van der Waals surface area contributed by atoms with Crippen molar-refractivity contribution in [1.82, 2.24) is 9.97 Å². The number of ether oxygens (including phenoxy) is 4. The van der Waals surface area contributed by atoms with E-state index in [1.807, 2.05) is 0 Å². The van der Waals surface area contributed by atoms with E-state index in [0.717, 1.165) is 5.56 Å². The molecular formula is C15H18N4O4S. The second-order valence-corrected chi connectivity index (χ2v) is 4.99. The number of nitrogens with one attached hydrogen (secondary N) is 1. The summed E-state index contributed by atoms with van der Waals surface area (Å²) in [6.07, 6.45) is 2.98. The van der Waals surface area contributed by atoms with Crippen molar-refractivity contribution in [2.24, 2.45) is 5.73 Å². The molecule has 0 unspecified atom stereocenters. The molecule has 1 aromatic heterocycles. The summed E-state index contributed by atoms with van der Waals surface area (Å²) in [4.78, 5) is 8.21. The minimum absolute atomic E-state index is 0.103. The summed E-state index contributed by atoms with van der Waals surface area (Å²) >= 11 is 4.76. The number of methoxy groups -OCH3 is 3. The van der Waals surface area contributed by atoms with Gasteiger partial charge in [0.15, 0.2) is 22.4 Å². The van der Waals surface area contributed by atoms with Crippen LogP contribution < -0.4 is 30.0 Å². The first-order chi connectivity index (χ1) is 11.6. The molecule has 2 aromatic rings. The molecule has 0 saturated heterocycles. The van der Waals surface area contributed by atoms with Gasteiger partial charge in [0.25, 0.3) is 0 Å². The number of nitrogens with two attached hydrogens (primary N) is 1. The normalized spacial score (nSPS) is 9.96. The van der Waals surface area contributed by atoms with Crippen LogP contribution in [0.4, 0.5) is 5.82 Å². The van der Waals surface area contributed by atoms with Crippen LogP contribution in [0.5, 0.6) is 23.1 Å². The topological polar surface area (TPSA) is 101 Å². The second-order valence-electron chi connectivity index (χ2n) is 4.55. The lowest BCUT2D eigenvalue weighted by Gasteiger charge is -2.14. The fourth-order valence-electron chi connectivity index (χ4n) is 1.98. The molecule has 0 aliphatic carbocycles. The highest BCUT2D eigenvalue weighted by molar-refractivity contribution is 7.80. The van der Waals surface area contributed by atoms with Crippen molar-refractivity contribution in [2.45, 2.75) is 6.61 Å². The zero-order valence-electron chi connectivity index (χ0n) is 13.5. The Morgan fingerprint density at radius 3 is 2.33 bits per heavy atom. The maximum Gasteiger partial charge on any atom is 0.234 e. The molecule has 2 rings (SSSR count). The molecule has 1 heterocycles. The van der Waals surface area contributed by atoms with Gasteiger partial charge >= 0.3 is 0 Å². The maximum atomic E-state index is 5.64. The lowest BCUT2D eigenvalue weighted by atomic mass is 10.2. The van der Waals surface area contributed by atoms with Crippen molar-refractivity contribution in [3.63, 3.8) is 0 Å².